The van der Waals surface area contributed by atoms with E-state index in [9.17, 15) is 0 Å². The van der Waals surface area contributed by atoms with Crippen LogP contribution in [0.2, 0.25) is 0 Å². The molecule has 3 aromatic rings. The Hall–Kier alpha value is -3.40. The molecule has 0 amide bonds. The number of rotatable bonds is 3. The van der Waals surface area contributed by atoms with E-state index in [1.165, 1.54) is 11.3 Å². The van der Waals surface area contributed by atoms with Gasteiger partial charge in [0.25, 0.3) is 12.9 Å². The van der Waals surface area contributed by atoms with Gasteiger partial charge in [-0.3, -0.25) is 14.3 Å². The Bertz CT molecular complexity index is 983. The molecular weight excluding hydrogens is 400 g/mol. The van der Waals surface area contributed by atoms with Gasteiger partial charge in [-0.2, -0.15) is 5.10 Å². The van der Waals surface area contributed by atoms with Crippen LogP contribution in [-0.4, -0.2) is 81.0 Å². The number of aryl methyl sites for hydroxylation is 1. The van der Waals surface area contributed by atoms with Gasteiger partial charge in [0.15, 0.2) is 0 Å². The number of likely N-dealkylation sites (N-methyl/N-ethyl adjacent to an activating group) is 1. The van der Waals surface area contributed by atoms with Crippen molar-refractivity contribution in [3.63, 3.8) is 0 Å². The van der Waals surface area contributed by atoms with E-state index in [1.54, 1.807) is 0 Å². The van der Waals surface area contributed by atoms with Crippen molar-refractivity contribution in [1.29, 1.82) is 0 Å². The van der Waals surface area contributed by atoms with E-state index in [2.05, 4.69) is 66.0 Å². The molecule has 168 valence electrons. The largest absolute Gasteiger partial charge is 0.483 e. The number of carboxylic acid groups (broad SMARTS) is 2. The lowest BCUT2D eigenvalue weighted by Crippen LogP contribution is -2.44. The molecule has 1 aliphatic rings. The van der Waals surface area contributed by atoms with Crippen molar-refractivity contribution in [2.75, 3.05) is 38.1 Å². The Morgan fingerprint density at radius 3 is 2.26 bits per heavy atom. The lowest BCUT2D eigenvalue weighted by molar-refractivity contribution is -0.123. The first-order valence-electron chi connectivity index (χ1n) is 9.98. The van der Waals surface area contributed by atoms with Crippen LogP contribution in [0.3, 0.4) is 0 Å². The van der Waals surface area contributed by atoms with Crippen molar-refractivity contribution in [1.82, 2.24) is 24.6 Å². The number of nitrogens with zero attached hydrogens (tertiary/aromatic N) is 5. The standard InChI is InChI=1S/C19H26N6.2CH2O2/c1-13(2)25-12-15(11-20-25)19-21-17-10-16(9-14(3)18(17)22-19)24-7-5-23(4)6-8-24;2*2-1-3/h9-13H,5-8H2,1-4H3,(H,21,22);2*1H,(H,2,3). The zero-order valence-corrected chi connectivity index (χ0v) is 18.3. The predicted molar refractivity (Wildman–Crippen MR) is 120 cm³/mol. The maximum absolute atomic E-state index is 8.36. The summed E-state index contributed by atoms with van der Waals surface area (Å²) >= 11 is 0. The van der Waals surface area contributed by atoms with Crippen molar-refractivity contribution in [2.45, 2.75) is 26.8 Å². The second-order valence-electron chi connectivity index (χ2n) is 7.55. The molecule has 1 fully saturated rings. The Morgan fingerprint density at radius 2 is 1.71 bits per heavy atom. The van der Waals surface area contributed by atoms with Crippen LogP contribution in [0, 0.1) is 6.92 Å². The number of benzene rings is 1. The predicted octanol–water partition coefficient (Wildman–Crippen LogP) is 2.47. The van der Waals surface area contributed by atoms with E-state index in [0.29, 0.717) is 6.04 Å². The molecule has 0 spiro atoms. The Morgan fingerprint density at radius 1 is 1.10 bits per heavy atom. The minimum Gasteiger partial charge on any atom is -0.483 e. The number of imidazole rings is 1. The SMILES string of the molecule is Cc1cc(N2CCN(C)CC2)cc2[nH]c(-c3cnn(C(C)C)c3)nc12.O=CO.O=CO. The Balaban J connectivity index is 0.000000513. The highest BCUT2D eigenvalue weighted by Crippen LogP contribution is 2.28. The number of H-pyrrole nitrogens is 1. The highest BCUT2D eigenvalue weighted by Gasteiger charge is 2.17. The maximum Gasteiger partial charge on any atom is 0.290 e. The van der Waals surface area contributed by atoms with Gasteiger partial charge in [0.2, 0.25) is 0 Å². The van der Waals surface area contributed by atoms with E-state index in [1.807, 2.05) is 10.9 Å². The molecule has 2 aromatic heterocycles. The van der Waals surface area contributed by atoms with Crippen LogP contribution in [0.4, 0.5) is 5.69 Å². The zero-order chi connectivity index (χ0) is 23.0. The summed E-state index contributed by atoms with van der Waals surface area (Å²) in [4.78, 5) is 29.9. The monoisotopic (exact) mass is 430 g/mol. The molecule has 4 rings (SSSR count). The number of hydrogen-bond acceptors (Lipinski definition) is 6. The highest BCUT2D eigenvalue weighted by atomic mass is 16.3. The van der Waals surface area contributed by atoms with Gasteiger partial charge >= 0.3 is 0 Å². The third-order valence-electron chi connectivity index (χ3n) is 5.03. The zero-order valence-electron chi connectivity index (χ0n) is 18.3. The maximum atomic E-state index is 8.36. The first kappa shape index (κ1) is 23.9. The number of carbonyl (C=O) groups is 2. The number of fused-ring (bicyclic) bond motifs is 1. The summed E-state index contributed by atoms with van der Waals surface area (Å²) in [7, 11) is 2.18. The van der Waals surface area contributed by atoms with Crippen LogP contribution in [0.25, 0.3) is 22.4 Å². The number of nitrogens with one attached hydrogen (secondary N) is 1. The van der Waals surface area contributed by atoms with Gasteiger partial charge in [0, 0.05) is 44.1 Å². The fourth-order valence-corrected chi connectivity index (χ4v) is 3.40. The average Bonchev–Trinajstić information content (AvgIpc) is 3.37. The van der Waals surface area contributed by atoms with Crippen LogP contribution in [-0.2, 0) is 9.59 Å². The van der Waals surface area contributed by atoms with E-state index < -0.39 is 0 Å². The summed E-state index contributed by atoms with van der Waals surface area (Å²) in [5.74, 6) is 0.889. The molecule has 31 heavy (non-hydrogen) atoms. The molecule has 3 heterocycles. The molecule has 0 saturated carbocycles. The van der Waals surface area contributed by atoms with Gasteiger partial charge in [0.05, 0.1) is 22.8 Å². The summed E-state index contributed by atoms with van der Waals surface area (Å²) in [6.07, 6.45) is 3.94. The molecule has 10 heteroatoms. The second-order valence-corrected chi connectivity index (χ2v) is 7.55. The van der Waals surface area contributed by atoms with E-state index in [4.69, 9.17) is 24.8 Å². The third-order valence-corrected chi connectivity index (χ3v) is 5.03. The number of aromatic amines is 1. The summed E-state index contributed by atoms with van der Waals surface area (Å²) in [6.45, 7) is 10.3. The lowest BCUT2D eigenvalue weighted by atomic mass is 10.1. The highest BCUT2D eigenvalue weighted by molar-refractivity contribution is 5.85. The smallest absolute Gasteiger partial charge is 0.290 e. The fourth-order valence-electron chi connectivity index (χ4n) is 3.40. The van der Waals surface area contributed by atoms with Crippen molar-refractivity contribution < 1.29 is 19.8 Å². The van der Waals surface area contributed by atoms with Crippen LogP contribution in [0.5, 0.6) is 0 Å². The molecule has 0 bridgehead atoms. The van der Waals surface area contributed by atoms with Gasteiger partial charge in [-0.1, -0.05) is 0 Å². The normalized spacial score (nSPS) is 13.9. The molecular formula is C21H30N6O4. The lowest BCUT2D eigenvalue weighted by Gasteiger charge is -2.34. The number of anilines is 1. The molecule has 0 atom stereocenters. The van der Waals surface area contributed by atoms with Gasteiger partial charge in [-0.25, -0.2) is 4.98 Å². The summed E-state index contributed by atoms with van der Waals surface area (Å²) in [5, 5.41) is 18.2. The summed E-state index contributed by atoms with van der Waals surface area (Å²) in [5.41, 5.74) is 5.67. The molecule has 10 nitrogen and oxygen atoms in total. The number of hydrogen-bond donors (Lipinski definition) is 3. The molecule has 1 aromatic carbocycles. The summed E-state index contributed by atoms with van der Waals surface area (Å²) < 4.78 is 1.96. The van der Waals surface area contributed by atoms with E-state index >= 15 is 0 Å². The first-order chi connectivity index (χ1) is 14.8. The molecule has 0 radical (unpaired) electrons. The molecule has 0 unspecified atom stereocenters. The first-order valence-corrected chi connectivity index (χ1v) is 9.98. The number of piperazine rings is 1. The van der Waals surface area contributed by atoms with Gasteiger partial charge in [0.1, 0.15) is 5.82 Å². The van der Waals surface area contributed by atoms with E-state index in [-0.39, 0.29) is 12.9 Å². The molecule has 1 aliphatic heterocycles. The average molecular weight is 431 g/mol. The van der Waals surface area contributed by atoms with Crippen LogP contribution in [0.15, 0.2) is 24.5 Å². The van der Waals surface area contributed by atoms with Crippen molar-refractivity contribution >= 4 is 29.7 Å². The summed E-state index contributed by atoms with van der Waals surface area (Å²) in [6, 6.07) is 4.84. The molecule has 1 saturated heterocycles. The van der Waals surface area contributed by atoms with Crippen LogP contribution in [0.1, 0.15) is 25.5 Å². The van der Waals surface area contributed by atoms with Gasteiger partial charge < -0.3 is 25.0 Å². The topological polar surface area (TPSA) is 128 Å². The van der Waals surface area contributed by atoms with Gasteiger partial charge in [-0.15, -0.1) is 0 Å². The van der Waals surface area contributed by atoms with Crippen LogP contribution >= 0.6 is 0 Å². The molecule has 3 N–H and O–H groups in total. The third kappa shape index (κ3) is 6.05. The quantitative estimate of drug-likeness (QED) is 0.541. The molecule has 0 aliphatic carbocycles. The van der Waals surface area contributed by atoms with Crippen LogP contribution < -0.4 is 4.90 Å². The van der Waals surface area contributed by atoms with E-state index in [0.717, 1.165) is 48.6 Å². The number of aromatic nitrogens is 4. The van der Waals surface area contributed by atoms with Crippen molar-refractivity contribution in [3.05, 3.63) is 30.1 Å². The minimum absolute atomic E-state index is 0.250. The fraction of sp³-hybridized carbons (Fsp3) is 0.429. The van der Waals surface area contributed by atoms with Crippen molar-refractivity contribution in [2.24, 2.45) is 0 Å². The second kappa shape index (κ2) is 11.1. The van der Waals surface area contributed by atoms with Gasteiger partial charge in [-0.05, 0) is 45.5 Å². The van der Waals surface area contributed by atoms with Crippen molar-refractivity contribution in [3.8, 4) is 11.4 Å². The Labute approximate surface area is 181 Å². The Kier molecular flexibility index (Phi) is 8.56. The minimum atomic E-state index is -0.250.